The van der Waals surface area contributed by atoms with Gasteiger partial charge in [-0.05, 0) is 32.2 Å². The minimum absolute atomic E-state index is 0.00794. The molecular weight excluding hydrogens is 327 g/mol. The topological polar surface area (TPSA) is 72.9 Å². The maximum absolute atomic E-state index is 12.9. The fourth-order valence-corrected chi connectivity index (χ4v) is 2.90. The highest BCUT2D eigenvalue weighted by atomic mass is 19.4. The molecule has 2 rings (SSSR count). The monoisotopic (exact) mass is 345 g/mol. The molecule has 0 spiro atoms. The van der Waals surface area contributed by atoms with Gasteiger partial charge in [0.1, 0.15) is 0 Å². The standard InChI is InChI=1S/C15H18F3N3O3/c1-10(22)14(19-2)9-20(6-7-21(14)13(23)24)12-5-3-4-11(8-12)15(16,17)18/h3-5,8,19H,6-7,9H2,1-2H3,(H,23,24). The number of rotatable bonds is 3. The molecule has 1 unspecified atom stereocenters. The molecule has 1 amide bonds. The summed E-state index contributed by atoms with van der Waals surface area (Å²) in [6.07, 6.45) is -5.73. The number of benzene rings is 1. The fourth-order valence-electron chi connectivity index (χ4n) is 2.90. The zero-order valence-corrected chi connectivity index (χ0v) is 13.2. The van der Waals surface area contributed by atoms with Crippen LogP contribution in [-0.4, -0.2) is 54.2 Å². The number of anilines is 1. The second-order valence-electron chi connectivity index (χ2n) is 5.57. The third kappa shape index (κ3) is 3.16. The summed E-state index contributed by atoms with van der Waals surface area (Å²) in [5, 5.41) is 12.1. The highest BCUT2D eigenvalue weighted by Gasteiger charge is 2.47. The number of Topliss-reactive ketones (excluding diaryl/α,β-unsaturated/α-hetero) is 1. The predicted molar refractivity (Wildman–Crippen MR) is 80.9 cm³/mol. The Morgan fingerprint density at radius 1 is 1.29 bits per heavy atom. The minimum Gasteiger partial charge on any atom is -0.465 e. The Bertz CT molecular complexity index is 650. The van der Waals surface area contributed by atoms with Crippen LogP contribution in [-0.2, 0) is 11.0 Å². The molecule has 0 bridgehead atoms. The summed E-state index contributed by atoms with van der Waals surface area (Å²) in [4.78, 5) is 26.1. The molecule has 0 saturated carbocycles. The number of hydrogen-bond acceptors (Lipinski definition) is 4. The third-order valence-corrected chi connectivity index (χ3v) is 4.24. The average Bonchev–Trinajstić information content (AvgIpc) is 2.53. The first-order valence-electron chi connectivity index (χ1n) is 7.24. The number of carbonyl (C=O) groups excluding carboxylic acids is 1. The second-order valence-corrected chi connectivity index (χ2v) is 5.57. The van der Waals surface area contributed by atoms with E-state index in [0.29, 0.717) is 0 Å². The number of hydrogen-bond donors (Lipinski definition) is 2. The lowest BCUT2D eigenvalue weighted by atomic mass is 9.99. The zero-order valence-electron chi connectivity index (χ0n) is 13.2. The van der Waals surface area contributed by atoms with Gasteiger partial charge in [-0.1, -0.05) is 6.07 Å². The number of piperazine rings is 1. The third-order valence-electron chi connectivity index (χ3n) is 4.24. The van der Waals surface area contributed by atoms with Gasteiger partial charge in [0.15, 0.2) is 11.4 Å². The van der Waals surface area contributed by atoms with Crippen molar-refractivity contribution in [3.63, 3.8) is 0 Å². The Morgan fingerprint density at radius 2 is 1.96 bits per heavy atom. The average molecular weight is 345 g/mol. The van der Waals surface area contributed by atoms with Crippen LogP contribution >= 0.6 is 0 Å². The Balaban J connectivity index is 2.38. The molecule has 1 saturated heterocycles. The van der Waals surface area contributed by atoms with Crippen molar-refractivity contribution in [3.8, 4) is 0 Å². The van der Waals surface area contributed by atoms with Gasteiger partial charge in [0.25, 0.3) is 0 Å². The highest BCUT2D eigenvalue weighted by molar-refractivity contribution is 5.90. The van der Waals surface area contributed by atoms with Crippen LogP contribution < -0.4 is 10.2 Å². The van der Waals surface area contributed by atoms with Crippen molar-refractivity contribution in [2.45, 2.75) is 18.8 Å². The molecule has 9 heteroatoms. The smallest absolute Gasteiger partial charge is 0.416 e. The summed E-state index contributed by atoms with van der Waals surface area (Å²) in [5.41, 5.74) is -2.01. The van der Waals surface area contributed by atoms with Crippen molar-refractivity contribution in [2.75, 3.05) is 31.6 Å². The van der Waals surface area contributed by atoms with Crippen LogP contribution in [0.3, 0.4) is 0 Å². The van der Waals surface area contributed by atoms with E-state index in [4.69, 9.17) is 0 Å². The van der Waals surface area contributed by atoms with Gasteiger partial charge in [0.2, 0.25) is 0 Å². The Morgan fingerprint density at radius 3 is 2.46 bits per heavy atom. The fraction of sp³-hybridized carbons (Fsp3) is 0.467. The minimum atomic E-state index is -4.47. The number of nitrogens with zero attached hydrogens (tertiary/aromatic N) is 2. The van der Waals surface area contributed by atoms with E-state index in [1.807, 2.05) is 0 Å². The van der Waals surface area contributed by atoms with Crippen LogP contribution in [0.5, 0.6) is 0 Å². The number of carbonyl (C=O) groups is 2. The van der Waals surface area contributed by atoms with Crippen LogP contribution in [0.25, 0.3) is 0 Å². The molecule has 1 aromatic carbocycles. The van der Waals surface area contributed by atoms with Crippen molar-refractivity contribution in [2.24, 2.45) is 0 Å². The first-order valence-corrected chi connectivity index (χ1v) is 7.24. The Kier molecular flexibility index (Phi) is 4.75. The van der Waals surface area contributed by atoms with Crippen molar-refractivity contribution in [1.29, 1.82) is 0 Å². The molecule has 1 aliphatic heterocycles. The summed E-state index contributed by atoms with van der Waals surface area (Å²) in [6.45, 7) is 1.35. The molecule has 1 aromatic rings. The molecule has 1 fully saturated rings. The molecule has 0 aliphatic carbocycles. The molecule has 0 radical (unpaired) electrons. The van der Waals surface area contributed by atoms with Crippen LogP contribution in [0.15, 0.2) is 24.3 Å². The van der Waals surface area contributed by atoms with Crippen LogP contribution in [0.2, 0.25) is 0 Å². The molecule has 2 N–H and O–H groups in total. The molecule has 1 atom stereocenters. The van der Waals surface area contributed by atoms with Crippen molar-refractivity contribution >= 4 is 17.6 Å². The van der Waals surface area contributed by atoms with E-state index in [0.717, 1.165) is 17.0 Å². The highest BCUT2D eigenvalue weighted by Crippen LogP contribution is 2.33. The van der Waals surface area contributed by atoms with Gasteiger partial charge in [0.05, 0.1) is 12.1 Å². The van der Waals surface area contributed by atoms with Crippen LogP contribution in [0.4, 0.5) is 23.7 Å². The number of ketones is 1. The quantitative estimate of drug-likeness (QED) is 0.877. The number of carboxylic acid groups (broad SMARTS) is 1. The largest absolute Gasteiger partial charge is 0.465 e. The van der Waals surface area contributed by atoms with Gasteiger partial charge >= 0.3 is 12.3 Å². The Labute approximate surface area is 136 Å². The van der Waals surface area contributed by atoms with E-state index < -0.39 is 29.3 Å². The normalized spacial score (nSPS) is 21.7. The summed E-state index contributed by atoms with van der Waals surface area (Å²) in [6, 6.07) is 4.76. The van der Waals surface area contributed by atoms with E-state index in [9.17, 15) is 27.9 Å². The summed E-state index contributed by atoms with van der Waals surface area (Å²) in [7, 11) is 1.45. The zero-order chi connectivity index (χ0) is 18.1. The van der Waals surface area contributed by atoms with Crippen molar-refractivity contribution in [3.05, 3.63) is 29.8 Å². The van der Waals surface area contributed by atoms with Gasteiger partial charge in [-0.2, -0.15) is 13.2 Å². The lowest BCUT2D eigenvalue weighted by molar-refractivity contribution is -0.137. The second kappa shape index (κ2) is 6.31. The lowest BCUT2D eigenvalue weighted by Gasteiger charge is -2.48. The molecule has 24 heavy (non-hydrogen) atoms. The summed E-state index contributed by atoms with van der Waals surface area (Å²) >= 11 is 0. The number of nitrogens with one attached hydrogen (secondary N) is 1. The molecule has 1 heterocycles. The predicted octanol–water partition coefficient (Wildman–Crippen LogP) is 2.01. The van der Waals surface area contributed by atoms with Crippen LogP contribution in [0.1, 0.15) is 12.5 Å². The summed E-state index contributed by atoms with van der Waals surface area (Å²) < 4.78 is 38.6. The van der Waals surface area contributed by atoms with E-state index in [1.54, 1.807) is 4.90 Å². The Hall–Kier alpha value is -2.29. The van der Waals surface area contributed by atoms with Gasteiger partial charge in [-0.3, -0.25) is 15.0 Å². The first-order chi connectivity index (χ1) is 11.1. The van der Waals surface area contributed by atoms with Gasteiger partial charge in [0, 0.05) is 18.8 Å². The number of halogens is 3. The lowest BCUT2D eigenvalue weighted by Crippen LogP contribution is -2.73. The van der Waals surface area contributed by atoms with Gasteiger partial charge < -0.3 is 10.0 Å². The number of amides is 1. The number of likely N-dealkylation sites (N-methyl/N-ethyl adjacent to an activating group) is 1. The number of alkyl halides is 3. The molecule has 1 aliphatic rings. The van der Waals surface area contributed by atoms with E-state index in [2.05, 4.69) is 5.32 Å². The maximum atomic E-state index is 12.9. The van der Waals surface area contributed by atoms with Crippen molar-refractivity contribution < 1.29 is 27.9 Å². The molecule has 0 aromatic heterocycles. The SMILES string of the molecule is CNC1(C(C)=O)CN(c2cccc(C(F)(F)F)c2)CCN1C(=O)O. The van der Waals surface area contributed by atoms with E-state index in [1.165, 1.54) is 26.1 Å². The molecule has 6 nitrogen and oxygen atoms in total. The van der Waals surface area contributed by atoms with Gasteiger partial charge in [-0.25, -0.2) is 4.79 Å². The first kappa shape index (κ1) is 18.1. The van der Waals surface area contributed by atoms with E-state index in [-0.39, 0.29) is 25.3 Å². The molecule has 132 valence electrons. The van der Waals surface area contributed by atoms with E-state index >= 15 is 0 Å². The van der Waals surface area contributed by atoms with Crippen LogP contribution in [0, 0.1) is 0 Å². The van der Waals surface area contributed by atoms with Gasteiger partial charge in [-0.15, -0.1) is 0 Å². The summed E-state index contributed by atoms with van der Waals surface area (Å²) in [5.74, 6) is -0.427. The molecular formula is C15H18F3N3O3. The maximum Gasteiger partial charge on any atom is 0.416 e. The van der Waals surface area contributed by atoms with Crippen molar-refractivity contribution in [1.82, 2.24) is 10.2 Å².